The molecule has 2 aromatic heterocycles. The van der Waals surface area contributed by atoms with Crippen LogP contribution in [0.5, 0.6) is 5.88 Å². The molecule has 38 heavy (non-hydrogen) atoms. The number of nitrogens with zero attached hydrogens (tertiary/aromatic N) is 6. The molecule has 0 aliphatic carbocycles. The minimum atomic E-state index is 0.541. The minimum Gasteiger partial charge on any atom is -0.481 e. The number of morpholine rings is 1. The van der Waals surface area contributed by atoms with Crippen LogP contribution in [0, 0.1) is 6.92 Å². The number of benzene rings is 2. The molecule has 1 fully saturated rings. The normalized spacial score (nSPS) is 15.9. The summed E-state index contributed by atoms with van der Waals surface area (Å²) in [5.41, 5.74) is 7.77. The lowest BCUT2D eigenvalue weighted by Crippen LogP contribution is -2.39. The Bertz CT molecular complexity index is 1440. The van der Waals surface area contributed by atoms with E-state index in [1.165, 1.54) is 23.1 Å². The lowest BCUT2D eigenvalue weighted by molar-refractivity contribution is 0.0398. The molecule has 0 radical (unpaired) electrons. The molecule has 196 valence electrons. The van der Waals surface area contributed by atoms with Crippen molar-refractivity contribution in [1.29, 1.82) is 0 Å². The van der Waals surface area contributed by atoms with Crippen LogP contribution in [0.3, 0.4) is 0 Å². The zero-order chi connectivity index (χ0) is 25.9. The highest BCUT2D eigenvalue weighted by Crippen LogP contribution is 2.33. The highest BCUT2D eigenvalue weighted by Gasteiger charge is 2.21. The largest absolute Gasteiger partial charge is 0.481 e. The zero-order valence-electron chi connectivity index (χ0n) is 22.0. The smallest absolute Gasteiger partial charge is 0.216 e. The Hall–Kier alpha value is -3.82. The van der Waals surface area contributed by atoms with E-state index in [0.29, 0.717) is 5.88 Å². The topological polar surface area (TPSA) is 88.5 Å². The van der Waals surface area contributed by atoms with Gasteiger partial charge in [0.1, 0.15) is 18.5 Å². The van der Waals surface area contributed by atoms with E-state index in [9.17, 15) is 0 Å². The lowest BCUT2D eigenvalue weighted by Gasteiger charge is -2.31. The maximum atomic E-state index is 5.46. The molecular formula is C29H33N7O2. The van der Waals surface area contributed by atoms with E-state index in [1.54, 1.807) is 13.4 Å². The first-order valence-electron chi connectivity index (χ1n) is 13.2. The molecule has 0 amide bonds. The maximum absolute atomic E-state index is 5.46. The van der Waals surface area contributed by atoms with Gasteiger partial charge in [0.25, 0.3) is 0 Å². The molecule has 1 N–H and O–H groups in total. The molecule has 2 aliphatic heterocycles. The Labute approximate surface area is 222 Å². The molecule has 0 unspecified atom stereocenters. The summed E-state index contributed by atoms with van der Waals surface area (Å²) in [7, 11) is 1.61. The van der Waals surface area contributed by atoms with E-state index in [1.807, 2.05) is 6.07 Å². The van der Waals surface area contributed by atoms with Gasteiger partial charge in [-0.05, 0) is 54.3 Å². The average molecular weight is 512 g/mol. The van der Waals surface area contributed by atoms with Crippen molar-refractivity contribution in [3.05, 3.63) is 65.7 Å². The molecule has 0 bridgehead atoms. The van der Waals surface area contributed by atoms with Crippen LogP contribution < -0.4 is 15.0 Å². The summed E-state index contributed by atoms with van der Waals surface area (Å²) in [4.78, 5) is 22.8. The van der Waals surface area contributed by atoms with Crippen molar-refractivity contribution in [3.63, 3.8) is 0 Å². The van der Waals surface area contributed by atoms with Crippen LogP contribution in [0.15, 0.2) is 49.1 Å². The second kappa shape index (κ2) is 10.9. The summed E-state index contributed by atoms with van der Waals surface area (Å²) in [6, 6.07) is 12.9. The van der Waals surface area contributed by atoms with Crippen molar-refractivity contribution in [2.24, 2.45) is 0 Å². The third kappa shape index (κ3) is 5.12. The Morgan fingerprint density at radius 2 is 1.82 bits per heavy atom. The van der Waals surface area contributed by atoms with Gasteiger partial charge in [-0.25, -0.2) is 19.9 Å². The summed E-state index contributed by atoms with van der Waals surface area (Å²) in [5, 5.41) is 4.65. The number of rotatable bonds is 7. The number of ether oxygens (including phenoxy) is 2. The monoisotopic (exact) mass is 511 g/mol. The summed E-state index contributed by atoms with van der Waals surface area (Å²) >= 11 is 0. The Morgan fingerprint density at radius 3 is 2.68 bits per heavy atom. The molecule has 1 saturated heterocycles. The predicted octanol–water partition coefficient (Wildman–Crippen LogP) is 3.71. The van der Waals surface area contributed by atoms with Crippen LogP contribution in [-0.2, 0) is 17.7 Å². The molecule has 4 aromatic rings. The molecule has 0 saturated carbocycles. The first-order chi connectivity index (χ1) is 18.7. The van der Waals surface area contributed by atoms with Gasteiger partial charge in [0, 0.05) is 62.0 Å². The van der Waals surface area contributed by atoms with Gasteiger partial charge in [0.05, 0.1) is 31.5 Å². The molecule has 2 aromatic carbocycles. The maximum Gasteiger partial charge on any atom is 0.216 e. The van der Waals surface area contributed by atoms with E-state index in [4.69, 9.17) is 14.5 Å². The number of methoxy groups -OCH3 is 1. The molecule has 9 nitrogen and oxygen atoms in total. The van der Waals surface area contributed by atoms with Crippen LogP contribution >= 0.6 is 0 Å². The third-order valence-electron chi connectivity index (χ3n) is 7.43. The molecular weight excluding hydrogens is 478 g/mol. The van der Waals surface area contributed by atoms with Gasteiger partial charge in [-0.1, -0.05) is 6.07 Å². The quantitative estimate of drug-likeness (QED) is 0.399. The van der Waals surface area contributed by atoms with Gasteiger partial charge in [-0.15, -0.1) is 0 Å². The van der Waals surface area contributed by atoms with E-state index >= 15 is 0 Å². The highest BCUT2D eigenvalue weighted by molar-refractivity contribution is 5.94. The number of aromatic nitrogens is 4. The lowest BCUT2D eigenvalue weighted by atomic mass is 9.98. The van der Waals surface area contributed by atoms with Crippen molar-refractivity contribution >= 4 is 22.4 Å². The van der Waals surface area contributed by atoms with Gasteiger partial charge in [0.15, 0.2) is 0 Å². The van der Waals surface area contributed by atoms with Gasteiger partial charge < -0.3 is 19.7 Å². The van der Waals surface area contributed by atoms with Gasteiger partial charge in [-0.3, -0.25) is 4.90 Å². The van der Waals surface area contributed by atoms with Crippen molar-refractivity contribution in [2.75, 3.05) is 63.3 Å². The number of fused-ring (bicyclic) bond motifs is 2. The average Bonchev–Trinajstić information content (AvgIpc) is 2.97. The van der Waals surface area contributed by atoms with Gasteiger partial charge in [0.2, 0.25) is 5.88 Å². The molecule has 4 heterocycles. The zero-order valence-corrected chi connectivity index (χ0v) is 22.0. The van der Waals surface area contributed by atoms with Crippen LogP contribution in [0.1, 0.15) is 16.7 Å². The Kier molecular flexibility index (Phi) is 7.02. The summed E-state index contributed by atoms with van der Waals surface area (Å²) in [6.07, 6.45) is 4.19. The molecule has 0 spiro atoms. The standard InChI is InChI=1S/C29H33N7O2/c1-20-13-22(26-16-27(37-2)32-18-31-26)15-25-28(20)33-19-34-29(25)36-7-5-21-3-4-24(14-23(21)17-36)30-6-8-35-9-11-38-12-10-35/h3-4,13-16,18-19,30H,5-12,17H2,1-2H3. The van der Waals surface area contributed by atoms with E-state index in [0.717, 1.165) is 92.4 Å². The summed E-state index contributed by atoms with van der Waals surface area (Å²) in [6.45, 7) is 9.45. The SMILES string of the molecule is COc1cc(-c2cc(C)c3ncnc(N4CCc5ccc(NCCN6CCOCC6)cc5C4)c3c2)ncn1. The van der Waals surface area contributed by atoms with Crippen LogP contribution in [-0.4, -0.2) is 77.9 Å². The van der Waals surface area contributed by atoms with Crippen LogP contribution in [0.4, 0.5) is 11.5 Å². The summed E-state index contributed by atoms with van der Waals surface area (Å²) in [5.74, 6) is 1.50. The minimum absolute atomic E-state index is 0.541. The van der Waals surface area contributed by atoms with Crippen molar-refractivity contribution in [3.8, 4) is 17.1 Å². The van der Waals surface area contributed by atoms with E-state index < -0.39 is 0 Å². The second-order valence-corrected chi connectivity index (χ2v) is 9.87. The van der Waals surface area contributed by atoms with Crippen molar-refractivity contribution in [2.45, 2.75) is 19.9 Å². The third-order valence-corrected chi connectivity index (χ3v) is 7.43. The van der Waals surface area contributed by atoms with Gasteiger partial charge in [-0.2, -0.15) is 0 Å². The number of anilines is 2. The molecule has 9 heteroatoms. The Balaban J connectivity index is 1.25. The first kappa shape index (κ1) is 24.5. The molecule has 6 rings (SSSR count). The highest BCUT2D eigenvalue weighted by atomic mass is 16.5. The van der Waals surface area contributed by atoms with Crippen molar-refractivity contribution < 1.29 is 9.47 Å². The van der Waals surface area contributed by atoms with Crippen molar-refractivity contribution in [1.82, 2.24) is 24.8 Å². The van der Waals surface area contributed by atoms with Crippen LogP contribution in [0.2, 0.25) is 0 Å². The van der Waals surface area contributed by atoms with Crippen LogP contribution in [0.25, 0.3) is 22.2 Å². The number of hydrogen-bond acceptors (Lipinski definition) is 9. The number of hydrogen-bond donors (Lipinski definition) is 1. The fourth-order valence-corrected chi connectivity index (χ4v) is 5.37. The fraction of sp³-hybridized carbons (Fsp3) is 0.379. The second-order valence-electron chi connectivity index (χ2n) is 9.87. The first-order valence-corrected chi connectivity index (χ1v) is 13.2. The molecule has 0 atom stereocenters. The number of nitrogens with one attached hydrogen (secondary N) is 1. The number of aryl methyl sites for hydroxylation is 1. The molecule has 2 aliphatic rings. The fourth-order valence-electron chi connectivity index (χ4n) is 5.37. The predicted molar refractivity (Wildman–Crippen MR) is 149 cm³/mol. The summed E-state index contributed by atoms with van der Waals surface area (Å²) < 4.78 is 10.8. The van der Waals surface area contributed by atoms with E-state index in [2.05, 4.69) is 67.3 Å². The Morgan fingerprint density at radius 1 is 0.947 bits per heavy atom. The van der Waals surface area contributed by atoms with Gasteiger partial charge >= 0.3 is 0 Å². The van der Waals surface area contributed by atoms with E-state index in [-0.39, 0.29) is 0 Å².